The molecule has 1 fully saturated rings. The Bertz CT molecular complexity index is 314. The molecule has 0 saturated heterocycles. The number of carbonyl (C=O) groups excluding carboxylic acids is 1. The van der Waals surface area contributed by atoms with E-state index in [1.807, 2.05) is 13.8 Å². The van der Waals surface area contributed by atoms with Crippen molar-refractivity contribution in [1.82, 2.24) is 4.90 Å². The van der Waals surface area contributed by atoms with Crippen LogP contribution in [-0.2, 0) is 4.79 Å². The third-order valence-electron chi connectivity index (χ3n) is 3.51. The van der Waals surface area contributed by atoms with E-state index in [4.69, 9.17) is 16.0 Å². The van der Waals surface area contributed by atoms with Crippen LogP contribution >= 0.6 is 0 Å². The van der Waals surface area contributed by atoms with Crippen LogP contribution in [0.3, 0.4) is 0 Å². The first-order valence-corrected chi connectivity index (χ1v) is 6.41. The molecule has 0 aromatic carbocycles. The fraction of sp³-hybridized carbons (Fsp3) is 0.833. The number of oxime groups is 1. The van der Waals surface area contributed by atoms with Gasteiger partial charge in [-0.2, -0.15) is 0 Å². The number of amides is 1. The Morgan fingerprint density at radius 1 is 1.50 bits per heavy atom. The monoisotopic (exact) mass is 257 g/mol. The minimum Gasteiger partial charge on any atom is -0.409 e. The van der Waals surface area contributed by atoms with Crippen LogP contribution in [0.15, 0.2) is 5.16 Å². The molecule has 18 heavy (non-hydrogen) atoms. The highest BCUT2D eigenvalue weighted by Gasteiger charge is 2.35. The zero-order valence-electron chi connectivity index (χ0n) is 11.0. The van der Waals surface area contributed by atoms with Gasteiger partial charge in [0.15, 0.2) is 5.84 Å². The fourth-order valence-electron chi connectivity index (χ4n) is 2.27. The molecular weight excluding hydrogens is 234 g/mol. The van der Waals surface area contributed by atoms with Crippen molar-refractivity contribution in [2.45, 2.75) is 39.2 Å². The van der Waals surface area contributed by atoms with Crippen LogP contribution in [0, 0.1) is 11.8 Å². The van der Waals surface area contributed by atoms with Gasteiger partial charge in [0.25, 0.3) is 0 Å². The second kappa shape index (κ2) is 6.58. The van der Waals surface area contributed by atoms with Gasteiger partial charge < -0.3 is 20.9 Å². The van der Waals surface area contributed by atoms with Gasteiger partial charge in [-0.3, -0.25) is 4.79 Å². The molecule has 6 heteroatoms. The first kappa shape index (κ1) is 14.8. The largest absolute Gasteiger partial charge is 0.409 e. The van der Waals surface area contributed by atoms with Crippen LogP contribution in [0.4, 0.5) is 0 Å². The molecule has 1 aliphatic rings. The van der Waals surface area contributed by atoms with Gasteiger partial charge in [-0.25, -0.2) is 0 Å². The molecule has 1 amide bonds. The molecule has 1 rings (SSSR count). The predicted molar refractivity (Wildman–Crippen MR) is 68.2 cm³/mol. The lowest BCUT2D eigenvalue weighted by molar-refractivity contribution is -0.139. The fourth-order valence-corrected chi connectivity index (χ4v) is 2.27. The minimum absolute atomic E-state index is 0.0466. The van der Waals surface area contributed by atoms with Crippen LogP contribution in [-0.4, -0.2) is 46.1 Å². The minimum atomic E-state index is -0.623. The number of aliphatic hydroxyl groups excluding tert-OH is 1. The van der Waals surface area contributed by atoms with E-state index < -0.39 is 5.92 Å². The highest BCUT2D eigenvalue weighted by Crippen LogP contribution is 2.27. The van der Waals surface area contributed by atoms with Gasteiger partial charge in [0, 0.05) is 12.6 Å². The molecule has 1 aliphatic carbocycles. The molecule has 1 atom stereocenters. The van der Waals surface area contributed by atoms with Gasteiger partial charge in [0.05, 0.1) is 6.61 Å². The smallest absolute Gasteiger partial charge is 0.233 e. The molecule has 0 aromatic heterocycles. The first-order valence-electron chi connectivity index (χ1n) is 6.41. The molecule has 0 spiro atoms. The summed E-state index contributed by atoms with van der Waals surface area (Å²) in [5.41, 5.74) is 5.60. The van der Waals surface area contributed by atoms with E-state index in [1.165, 1.54) is 0 Å². The topological polar surface area (TPSA) is 99.2 Å². The van der Waals surface area contributed by atoms with Crippen molar-refractivity contribution in [2.24, 2.45) is 22.7 Å². The Hall–Kier alpha value is -1.30. The number of amidine groups is 1. The van der Waals surface area contributed by atoms with Crippen LogP contribution in [0.5, 0.6) is 0 Å². The Morgan fingerprint density at radius 2 is 2.11 bits per heavy atom. The SMILES string of the molecule is CC(C)C(C(=O)N(CCO)C1CCC1)C(N)=NO. The maximum absolute atomic E-state index is 12.5. The molecule has 0 radical (unpaired) electrons. The lowest BCUT2D eigenvalue weighted by Crippen LogP contribution is -2.51. The number of nitrogens with zero attached hydrogens (tertiary/aromatic N) is 2. The highest BCUT2D eigenvalue weighted by atomic mass is 16.4. The predicted octanol–water partition coefficient (Wildman–Crippen LogP) is 0.378. The standard InChI is InChI=1S/C12H23N3O3/c1-8(2)10(11(13)14-18)12(17)15(6-7-16)9-4-3-5-9/h8-10,16,18H,3-7H2,1-2H3,(H2,13,14). The zero-order valence-corrected chi connectivity index (χ0v) is 11.0. The lowest BCUT2D eigenvalue weighted by Gasteiger charge is -2.39. The second-order valence-corrected chi connectivity index (χ2v) is 5.09. The summed E-state index contributed by atoms with van der Waals surface area (Å²) >= 11 is 0. The number of hydrogen-bond donors (Lipinski definition) is 3. The normalized spacial score (nSPS) is 18.6. The van der Waals surface area contributed by atoms with E-state index in [-0.39, 0.29) is 30.3 Å². The molecule has 4 N–H and O–H groups in total. The van der Waals surface area contributed by atoms with E-state index in [1.54, 1.807) is 4.90 Å². The van der Waals surface area contributed by atoms with E-state index in [0.717, 1.165) is 19.3 Å². The van der Waals surface area contributed by atoms with Crippen LogP contribution in [0.2, 0.25) is 0 Å². The van der Waals surface area contributed by atoms with Crippen molar-refractivity contribution in [3.8, 4) is 0 Å². The molecule has 104 valence electrons. The van der Waals surface area contributed by atoms with Gasteiger partial charge in [-0.05, 0) is 25.2 Å². The van der Waals surface area contributed by atoms with Crippen molar-refractivity contribution in [3.63, 3.8) is 0 Å². The Morgan fingerprint density at radius 3 is 2.44 bits per heavy atom. The number of nitrogens with two attached hydrogens (primary N) is 1. The van der Waals surface area contributed by atoms with Crippen molar-refractivity contribution >= 4 is 11.7 Å². The lowest BCUT2D eigenvalue weighted by atomic mass is 9.87. The van der Waals surface area contributed by atoms with E-state index in [0.29, 0.717) is 6.54 Å². The van der Waals surface area contributed by atoms with Gasteiger partial charge in [0.2, 0.25) is 5.91 Å². The quantitative estimate of drug-likeness (QED) is 0.277. The maximum atomic E-state index is 12.5. The number of rotatable bonds is 6. The van der Waals surface area contributed by atoms with E-state index in [9.17, 15) is 4.79 Å². The zero-order chi connectivity index (χ0) is 13.7. The average Bonchev–Trinajstić information content (AvgIpc) is 2.25. The second-order valence-electron chi connectivity index (χ2n) is 5.09. The highest BCUT2D eigenvalue weighted by molar-refractivity contribution is 6.02. The Balaban J connectivity index is 2.84. The van der Waals surface area contributed by atoms with Gasteiger partial charge in [0.1, 0.15) is 5.92 Å². The van der Waals surface area contributed by atoms with Gasteiger partial charge in [-0.15, -0.1) is 0 Å². The maximum Gasteiger partial charge on any atom is 0.233 e. The molecular formula is C12H23N3O3. The van der Waals surface area contributed by atoms with Gasteiger partial charge in [-0.1, -0.05) is 19.0 Å². The van der Waals surface area contributed by atoms with Crippen molar-refractivity contribution in [2.75, 3.05) is 13.2 Å². The summed E-state index contributed by atoms with van der Waals surface area (Å²) in [6.45, 7) is 3.96. The Labute approximate surface area is 107 Å². The van der Waals surface area contributed by atoms with Crippen LogP contribution in [0.25, 0.3) is 0 Å². The number of aliphatic hydroxyl groups is 1. The summed E-state index contributed by atoms with van der Waals surface area (Å²) in [6, 6.07) is 0.192. The van der Waals surface area contributed by atoms with Crippen molar-refractivity contribution in [1.29, 1.82) is 0 Å². The summed E-state index contributed by atoms with van der Waals surface area (Å²) in [5, 5.41) is 20.8. The van der Waals surface area contributed by atoms with Crippen molar-refractivity contribution < 1.29 is 15.1 Å². The summed E-state index contributed by atoms with van der Waals surface area (Å²) in [4.78, 5) is 14.1. The average molecular weight is 257 g/mol. The van der Waals surface area contributed by atoms with Gasteiger partial charge >= 0.3 is 0 Å². The third-order valence-corrected chi connectivity index (χ3v) is 3.51. The van der Waals surface area contributed by atoms with Crippen LogP contribution in [0.1, 0.15) is 33.1 Å². The summed E-state index contributed by atoms with van der Waals surface area (Å²) in [6.07, 6.45) is 3.04. The molecule has 0 heterocycles. The first-order chi connectivity index (χ1) is 8.52. The van der Waals surface area contributed by atoms with E-state index in [2.05, 4.69) is 5.16 Å². The molecule has 0 aliphatic heterocycles. The molecule has 0 bridgehead atoms. The Kier molecular flexibility index (Phi) is 5.40. The summed E-state index contributed by atoms with van der Waals surface area (Å²) in [7, 11) is 0. The number of carbonyl (C=O) groups is 1. The molecule has 0 aromatic rings. The van der Waals surface area contributed by atoms with Crippen molar-refractivity contribution in [3.05, 3.63) is 0 Å². The third kappa shape index (κ3) is 3.13. The van der Waals surface area contributed by atoms with Crippen LogP contribution < -0.4 is 5.73 Å². The number of hydrogen-bond acceptors (Lipinski definition) is 4. The molecule has 6 nitrogen and oxygen atoms in total. The molecule has 1 unspecified atom stereocenters. The van der Waals surface area contributed by atoms with E-state index >= 15 is 0 Å². The summed E-state index contributed by atoms with van der Waals surface area (Å²) < 4.78 is 0. The molecule has 1 saturated carbocycles. The summed E-state index contributed by atoms with van der Waals surface area (Å²) in [5.74, 6) is -0.881.